The number of halogens is 1. The van der Waals surface area contributed by atoms with Gasteiger partial charge in [-0.05, 0) is 25.0 Å². The smallest absolute Gasteiger partial charge is 0.288 e. The zero-order valence-corrected chi connectivity index (χ0v) is 10.8. The van der Waals surface area contributed by atoms with E-state index in [1.807, 2.05) is 0 Å². The van der Waals surface area contributed by atoms with E-state index in [0.29, 0.717) is 6.54 Å². The summed E-state index contributed by atoms with van der Waals surface area (Å²) in [7, 11) is 0. The fraction of sp³-hybridized carbons (Fsp3) is 0.417. The molecule has 1 amide bonds. The van der Waals surface area contributed by atoms with Gasteiger partial charge in [0.1, 0.15) is 5.02 Å². The van der Waals surface area contributed by atoms with E-state index < -0.39 is 4.92 Å². The summed E-state index contributed by atoms with van der Waals surface area (Å²) < 4.78 is 0. The number of carbonyl (C=O) groups is 1. The predicted octanol–water partition coefficient (Wildman–Crippen LogP) is 1.85. The Morgan fingerprint density at radius 3 is 2.95 bits per heavy atom. The van der Waals surface area contributed by atoms with Crippen molar-refractivity contribution in [3.63, 3.8) is 0 Å². The highest BCUT2D eigenvalue weighted by Gasteiger charge is 2.29. The normalized spacial score (nSPS) is 18.6. The van der Waals surface area contributed by atoms with E-state index in [9.17, 15) is 20.0 Å². The first-order valence-electron chi connectivity index (χ1n) is 5.90. The maximum absolute atomic E-state index is 12.3. The fourth-order valence-corrected chi connectivity index (χ4v) is 2.43. The molecule has 0 saturated carbocycles. The first-order chi connectivity index (χ1) is 9.04. The lowest BCUT2D eigenvalue weighted by Gasteiger charge is -2.22. The van der Waals surface area contributed by atoms with Crippen LogP contribution in [0.25, 0.3) is 0 Å². The molecular formula is C12H13ClN2O4. The number of rotatable bonds is 3. The first kappa shape index (κ1) is 13.8. The highest BCUT2D eigenvalue weighted by molar-refractivity contribution is 6.32. The number of hydrogen-bond donors (Lipinski definition) is 1. The van der Waals surface area contributed by atoms with Crippen LogP contribution in [0.5, 0.6) is 0 Å². The maximum atomic E-state index is 12.3. The van der Waals surface area contributed by atoms with Gasteiger partial charge in [-0.1, -0.05) is 11.6 Å². The van der Waals surface area contributed by atoms with Crippen molar-refractivity contribution in [1.29, 1.82) is 0 Å². The predicted molar refractivity (Wildman–Crippen MR) is 69.3 cm³/mol. The zero-order valence-electron chi connectivity index (χ0n) is 10.1. The van der Waals surface area contributed by atoms with Crippen molar-refractivity contribution < 1.29 is 14.8 Å². The molecule has 1 fully saturated rings. The molecule has 19 heavy (non-hydrogen) atoms. The molecule has 1 aliphatic rings. The molecule has 2 rings (SSSR count). The van der Waals surface area contributed by atoms with Crippen LogP contribution in [-0.2, 0) is 0 Å². The first-order valence-corrected chi connectivity index (χ1v) is 6.28. The van der Waals surface area contributed by atoms with Crippen molar-refractivity contribution >= 4 is 23.2 Å². The SMILES string of the molecule is O=C(c1ccc(Cl)c([N+](=O)[O-])c1)N1CCC[C@H]1CO. The van der Waals surface area contributed by atoms with Gasteiger partial charge in [0, 0.05) is 18.2 Å². The Labute approximate surface area is 114 Å². The molecule has 0 aromatic heterocycles. The van der Waals surface area contributed by atoms with Crippen LogP contribution in [0.1, 0.15) is 23.2 Å². The van der Waals surface area contributed by atoms with Crippen molar-refractivity contribution in [3.8, 4) is 0 Å². The largest absolute Gasteiger partial charge is 0.394 e. The zero-order chi connectivity index (χ0) is 14.0. The number of carbonyl (C=O) groups excluding carboxylic acids is 1. The van der Waals surface area contributed by atoms with E-state index in [2.05, 4.69) is 0 Å². The summed E-state index contributed by atoms with van der Waals surface area (Å²) in [5.74, 6) is -0.309. The van der Waals surface area contributed by atoms with E-state index in [-0.39, 0.29) is 34.8 Å². The summed E-state index contributed by atoms with van der Waals surface area (Å²) in [6.45, 7) is 0.460. The van der Waals surface area contributed by atoms with E-state index in [4.69, 9.17) is 11.6 Å². The van der Waals surface area contributed by atoms with Gasteiger partial charge >= 0.3 is 0 Å². The van der Waals surface area contributed by atoms with Crippen LogP contribution in [0.3, 0.4) is 0 Å². The molecule has 1 aromatic carbocycles. The van der Waals surface area contributed by atoms with Gasteiger partial charge in [0.2, 0.25) is 0 Å². The lowest BCUT2D eigenvalue weighted by Crippen LogP contribution is -2.37. The molecule has 1 atom stereocenters. The molecular weight excluding hydrogens is 272 g/mol. The maximum Gasteiger partial charge on any atom is 0.288 e. The second-order valence-electron chi connectivity index (χ2n) is 4.40. The Bertz CT molecular complexity index is 520. The van der Waals surface area contributed by atoms with E-state index >= 15 is 0 Å². The van der Waals surface area contributed by atoms with E-state index in [1.54, 1.807) is 4.90 Å². The fourth-order valence-electron chi connectivity index (χ4n) is 2.24. The standard InChI is InChI=1S/C12H13ClN2O4/c13-10-4-3-8(6-11(10)15(18)19)12(17)14-5-1-2-9(14)7-16/h3-4,6,9,16H,1-2,5,7H2/t9-/m0/s1. The minimum absolute atomic E-state index is 0.00156. The van der Waals surface area contributed by atoms with Crippen LogP contribution in [0, 0.1) is 10.1 Å². The summed E-state index contributed by atoms with van der Waals surface area (Å²) in [4.78, 5) is 24.0. The van der Waals surface area contributed by atoms with Gasteiger partial charge in [-0.3, -0.25) is 14.9 Å². The Morgan fingerprint density at radius 2 is 2.32 bits per heavy atom. The summed E-state index contributed by atoms with van der Waals surface area (Å²) >= 11 is 5.70. The number of nitro benzene ring substituents is 1. The Hall–Kier alpha value is -1.66. The van der Waals surface area contributed by atoms with Gasteiger partial charge in [0.05, 0.1) is 17.6 Å². The molecule has 6 nitrogen and oxygen atoms in total. The molecule has 1 N–H and O–H groups in total. The second-order valence-corrected chi connectivity index (χ2v) is 4.81. The highest BCUT2D eigenvalue weighted by Crippen LogP contribution is 2.27. The molecule has 1 saturated heterocycles. The van der Waals surface area contributed by atoms with Crippen molar-refractivity contribution in [2.45, 2.75) is 18.9 Å². The summed E-state index contributed by atoms with van der Waals surface area (Å²) in [6, 6.07) is 3.78. The number of aliphatic hydroxyl groups excluding tert-OH is 1. The quantitative estimate of drug-likeness (QED) is 0.678. The van der Waals surface area contributed by atoms with Gasteiger partial charge < -0.3 is 10.0 Å². The summed E-state index contributed by atoms with van der Waals surface area (Å²) in [6.07, 6.45) is 1.57. The molecule has 1 heterocycles. The van der Waals surface area contributed by atoms with Gasteiger partial charge in [0.25, 0.3) is 11.6 Å². The third-order valence-corrected chi connectivity index (χ3v) is 3.56. The van der Waals surface area contributed by atoms with Gasteiger partial charge in [0.15, 0.2) is 0 Å². The average Bonchev–Trinajstić information content (AvgIpc) is 2.86. The topological polar surface area (TPSA) is 83.7 Å². The Morgan fingerprint density at radius 1 is 1.58 bits per heavy atom. The second kappa shape index (κ2) is 5.54. The lowest BCUT2D eigenvalue weighted by molar-refractivity contribution is -0.384. The van der Waals surface area contributed by atoms with E-state index in [0.717, 1.165) is 12.8 Å². The van der Waals surface area contributed by atoms with Crippen LogP contribution in [0.4, 0.5) is 5.69 Å². The highest BCUT2D eigenvalue weighted by atomic mass is 35.5. The van der Waals surface area contributed by atoms with Gasteiger partial charge in [-0.15, -0.1) is 0 Å². The average molecular weight is 285 g/mol. The van der Waals surface area contributed by atoms with Crippen LogP contribution in [0.15, 0.2) is 18.2 Å². The third-order valence-electron chi connectivity index (χ3n) is 3.24. The molecule has 0 unspecified atom stereocenters. The summed E-state index contributed by atoms with van der Waals surface area (Å²) in [5.41, 5.74) is -0.0660. The molecule has 0 spiro atoms. The minimum atomic E-state index is -0.618. The molecule has 1 aliphatic heterocycles. The van der Waals surface area contributed by atoms with Crippen LogP contribution < -0.4 is 0 Å². The molecule has 1 aromatic rings. The van der Waals surface area contributed by atoms with Crippen molar-refractivity contribution in [2.75, 3.05) is 13.2 Å². The lowest BCUT2D eigenvalue weighted by atomic mass is 10.1. The van der Waals surface area contributed by atoms with Crippen LogP contribution in [-0.4, -0.2) is 40.0 Å². The number of amides is 1. The molecule has 0 aliphatic carbocycles. The van der Waals surface area contributed by atoms with E-state index in [1.165, 1.54) is 18.2 Å². The molecule has 102 valence electrons. The number of benzene rings is 1. The number of hydrogen-bond acceptors (Lipinski definition) is 4. The van der Waals surface area contributed by atoms with Gasteiger partial charge in [-0.2, -0.15) is 0 Å². The minimum Gasteiger partial charge on any atom is -0.394 e. The monoisotopic (exact) mass is 284 g/mol. The number of nitro groups is 1. The number of likely N-dealkylation sites (tertiary alicyclic amines) is 1. The number of nitrogens with zero attached hydrogens (tertiary/aromatic N) is 2. The van der Waals surface area contributed by atoms with Crippen LogP contribution >= 0.6 is 11.6 Å². The molecule has 0 bridgehead atoms. The molecule has 7 heteroatoms. The van der Waals surface area contributed by atoms with Crippen molar-refractivity contribution in [1.82, 2.24) is 4.90 Å². The number of aliphatic hydroxyl groups is 1. The molecule has 0 radical (unpaired) electrons. The summed E-state index contributed by atoms with van der Waals surface area (Å²) in [5, 5.41) is 20.0. The third kappa shape index (κ3) is 2.69. The Kier molecular flexibility index (Phi) is 4.01. The van der Waals surface area contributed by atoms with Crippen molar-refractivity contribution in [3.05, 3.63) is 38.9 Å². The van der Waals surface area contributed by atoms with Crippen LogP contribution in [0.2, 0.25) is 5.02 Å². The Balaban J connectivity index is 2.29. The van der Waals surface area contributed by atoms with Gasteiger partial charge in [-0.25, -0.2) is 0 Å². The van der Waals surface area contributed by atoms with Crippen molar-refractivity contribution in [2.24, 2.45) is 0 Å².